The van der Waals surface area contributed by atoms with Gasteiger partial charge in [-0.15, -0.1) is 11.3 Å². The van der Waals surface area contributed by atoms with Gasteiger partial charge in [-0.05, 0) is 68.4 Å². The third kappa shape index (κ3) is 7.37. The zero-order valence-electron chi connectivity index (χ0n) is 23.1. The number of fused-ring (bicyclic) bond motifs is 3. The molecule has 0 bridgehead atoms. The normalized spacial score (nSPS) is 11.2. The van der Waals surface area contributed by atoms with E-state index < -0.39 is 9.84 Å². The molecule has 0 aliphatic rings. The van der Waals surface area contributed by atoms with Crippen molar-refractivity contribution in [1.29, 1.82) is 0 Å². The van der Waals surface area contributed by atoms with Crippen LogP contribution in [-0.4, -0.2) is 20.5 Å². The fourth-order valence-corrected chi connectivity index (χ4v) is 7.68. The van der Waals surface area contributed by atoms with Crippen molar-refractivity contribution in [2.24, 2.45) is 0 Å². The van der Waals surface area contributed by atoms with Crippen LogP contribution >= 0.6 is 11.3 Å². The van der Waals surface area contributed by atoms with Crippen LogP contribution in [0, 0.1) is 20.1 Å². The van der Waals surface area contributed by atoms with Gasteiger partial charge in [0.25, 0.3) is 0 Å². The fraction of sp³-hybridized carbons (Fsp3) is 0.111. The Balaban J connectivity index is 0.000000625. The lowest BCUT2D eigenvalue weighted by molar-refractivity contribution is 0.103. The summed E-state index contributed by atoms with van der Waals surface area (Å²) < 4.78 is 21.5. The van der Waals surface area contributed by atoms with Gasteiger partial charge < -0.3 is 0 Å². The molecule has 42 heavy (non-hydrogen) atoms. The summed E-state index contributed by atoms with van der Waals surface area (Å²) in [6, 6.07) is 40.3. The van der Waals surface area contributed by atoms with Gasteiger partial charge in [-0.25, -0.2) is 6.26 Å². The first-order valence-corrected chi connectivity index (χ1v) is 17.1. The highest BCUT2D eigenvalue weighted by atomic mass is 32.2. The van der Waals surface area contributed by atoms with Crippen LogP contribution in [0.4, 0.5) is 0 Å². The van der Waals surface area contributed by atoms with E-state index in [1.54, 1.807) is 11.3 Å². The summed E-state index contributed by atoms with van der Waals surface area (Å²) in [4.78, 5) is 17.1. The van der Waals surface area contributed by atoms with Crippen molar-refractivity contribution in [3.63, 3.8) is 0 Å². The number of hydrogen-bond acceptors (Lipinski definition) is 4. The summed E-state index contributed by atoms with van der Waals surface area (Å²) in [5, 5.41) is 2.36. The maximum atomic E-state index is 13.2. The van der Waals surface area contributed by atoms with E-state index in [9.17, 15) is 13.2 Å². The van der Waals surface area contributed by atoms with Crippen LogP contribution in [-0.2, 0) is 20.7 Å². The van der Waals surface area contributed by atoms with E-state index in [0.29, 0.717) is 0 Å². The number of ketones is 1. The molecule has 214 valence electrons. The van der Waals surface area contributed by atoms with Crippen molar-refractivity contribution in [1.82, 2.24) is 0 Å². The SMILES string of the molecule is C.Cc1ccc([S+](c2ccc(C)cc2)c2ccc3sc4ccc(C(=O)c5ccccc5)cc4c3c2)cc1.[CH2-]S(C)(=O)=O. The molecule has 0 aliphatic heterocycles. The minimum atomic E-state index is -2.92. The molecule has 0 atom stereocenters. The minimum absolute atomic E-state index is 0. The highest BCUT2D eigenvalue weighted by molar-refractivity contribution is 7.97. The van der Waals surface area contributed by atoms with E-state index in [1.165, 1.54) is 40.6 Å². The molecule has 0 unspecified atom stereocenters. The van der Waals surface area contributed by atoms with Crippen molar-refractivity contribution in [2.45, 2.75) is 36.0 Å². The number of hydrogen-bond donors (Lipinski definition) is 0. The molecule has 1 heterocycles. The molecule has 0 saturated carbocycles. The van der Waals surface area contributed by atoms with E-state index >= 15 is 0 Å². The number of benzene rings is 5. The van der Waals surface area contributed by atoms with Crippen molar-refractivity contribution >= 4 is 58.0 Å². The number of carbonyl (C=O) groups excluding carboxylic acids is 1. The molecule has 6 aromatic rings. The first-order valence-electron chi connectivity index (χ1n) is 13.0. The van der Waals surface area contributed by atoms with Gasteiger partial charge in [0, 0.05) is 53.5 Å². The average Bonchev–Trinajstić information content (AvgIpc) is 3.32. The van der Waals surface area contributed by atoms with E-state index in [4.69, 9.17) is 0 Å². The van der Waals surface area contributed by atoms with Crippen LogP contribution < -0.4 is 0 Å². The third-order valence-corrected chi connectivity index (χ3v) is 9.85. The Labute approximate surface area is 256 Å². The van der Waals surface area contributed by atoms with Crippen LogP contribution in [0.2, 0.25) is 0 Å². The molecule has 5 aromatic carbocycles. The summed E-state index contributed by atoms with van der Waals surface area (Å²) in [6.45, 7) is 4.26. The second-order valence-corrected chi connectivity index (χ2v) is 15.0. The molecule has 0 N–H and O–H groups in total. The number of carbonyl (C=O) groups is 1. The lowest BCUT2D eigenvalue weighted by Crippen LogP contribution is -2.05. The number of sulfone groups is 1. The first kappa shape index (κ1) is 31.2. The monoisotopic (exact) mass is 610 g/mol. The number of thiophene rings is 1. The molecule has 0 fully saturated rings. The van der Waals surface area contributed by atoms with Gasteiger partial charge in [-0.3, -0.25) is 13.2 Å². The van der Waals surface area contributed by atoms with Crippen LogP contribution in [0.3, 0.4) is 0 Å². The molecular formula is C36H34O3S3. The maximum absolute atomic E-state index is 13.2. The summed E-state index contributed by atoms with van der Waals surface area (Å²) in [5.41, 5.74) is 3.98. The van der Waals surface area contributed by atoms with Gasteiger partial charge >= 0.3 is 0 Å². The van der Waals surface area contributed by atoms with Gasteiger partial charge in [0.1, 0.15) is 0 Å². The molecule has 0 saturated heterocycles. The van der Waals surface area contributed by atoms with Gasteiger partial charge in [0.15, 0.2) is 20.5 Å². The fourth-order valence-electron chi connectivity index (χ4n) is 4.54. The van der Waals surface area contributed by atoms with Crippen LogP contribution in [0.1, 0.15) is 34.5 Å². The van der Waals surface area contributed by atoms with Crippen LogP contribution in [0.25, 0.3) is 20.2 Å². The van der Waals surface area contributed by atoms with Crippen molar-refractivity contribution in [3.8, 4) is 0 Å². The molecule has 0 radical (unpaired) electrons. The topological polar surface area (TPSA) is 51.2 Å². The predicted octanol–water partition coefficient (Wildman–Crippen LogP) is 9.46. The van der Waals surface area contributed by atoms with E-state index in [2.05, 4.69) is 99.0 Å². The summed E-state index contributed by atoms with van der Waals surface area (Å²) in [7, 11) is -3.14. The van der Waals surface area contributed by atoms with Crippen molar-refractivity contribution in [3.05, 3.63) is 144 Å². The van der Waals surface area contributed by atoms with Crippen molar-refractivity contribution < 1.29 is 13.2 Å². The van der Waals surface area contributed by atoms with Gasteiger partial charge in [0.05, 0.1) is 10.9 Å². The molecular weight excluding hydrogens is 577 g/mol. The number of aryl methyl sites for hydroxylation is 2. The maximum Gasteiger partial charge on any atom is 0.193 e. The Bertz CT molecular complexity index is 1890. The molecule has 6 heteroatoms. The standard InChI is InChI=1S/C33H25OS2.C2H5O2S.CH4/c1-22-8-13-26(14-9-22)36(27-15-10-23(2)11-16-27)28-17-19-32-30(21-28)29-20-25(12-18-31(29)35-32)33(34)24-6-4-3-5-7-24;1-5(2,3)4;/h3-21H,1-2H3;1H2,2H3;1H4/q+1;-1;. The quantitative estimate of drug-likeness (QED) is 0.111. The zero-order valence-corrected chi connectivity index (χ0v) is 25.6. The summed E-state index contributed by atoms with van der Waals surface area (Å²) in [5.74, 6) is 0.0621. The molecule has 0 amide bonds. The second kappa shape index (κ2) is 13.1. The molecule has 3 nitrogen and oxygen atoms in total. The van der Waals surface area contributed by atoms with E-state index in [-0.39, 0.29) is 24.1 Å². The largest absolute Gasteiger partial charge is 0.289 e. The summed E-state index contributed by atoms with van der Waals surface area (Å²) >= 11 is 1.79. The van der Waals surface area contributed by atoms with E-state index in [1.807, 2.05) is 36.4 Å². The average molecular weight is 611 g/mol. The zero-order chi connectivity index (χ0) is 29.1. The first-order chi connectivity index (χ1) is 19.6. The highest BCUT2D eigenvalue weighted by Crippen LogP contribution is 2.39. The molecule has 6 rings (SSSR count). The minimum Gasteiger partial charge on any atom is -0.289 e. The van der Waals surface area contributed by atoms with Gasteiger partial charge in [0.2, 0.25) is 0 Å². The third-order valence-electron chi connectivity index (χ3n) is 6.49. The van der Waals surface area contributed by atoms with E-state index in [0.717, 1.165) is 22.8 Å². The lowest BCUT2D eigenvalue weighted by Gasteiger charge is -2.09. The second-order valence-electron chi connectivity index (χ2n) is 10.0. The Kier molecular flexibility index (Phi) is 9.72. The van der Waals surface area contributed by atoms with Gasteiger partial charge in [-0.1, -0.05) is 73.2 Å². The van der Waals surface area contributed by atoms with Crippen molar-refractivity contribution in [2.75, 3.05) is 6.26 Å². The predicted molar refractivity (Wildman–Crippen MR) is 181 cm³/mol. The molecule has 0 spiro atoms. The number of rotatable bonds is 5. The lowest BCUT2D eigenvalue weighted by atomic mass is 10.0. The van der Waals surface area contributed by atoms with Gasteiger partial charge in [-0.2, -0.15) is 0 Å². The molecule has 1 aromatic heterocycles. The van der Waals surface area contributed by atoms with Crippen LogP contribution in [0.5, 0.6) is 0 Å². The van der Waals surface area contributed by atoms with Crippen LogP contribution in [0.15, 0.2) is 130 Å². The Hall–Kier alpha value is -3.71. The Morgan fingerprint density at radius 1 is 0.643 bits per heavy atom. The summed E-state index contributed by atoms with van der Waals surface area (Å²) in [6.07, 6.45) is 3.79. The highest BCUT2D eigenvalue weighted by Gasteiger charge is 2.29. The Morgan fingerprint density at radius 2 is 1.10 bits per heavy atom. The molecule has 0 aliphatic carbocycles. The Morgan fingerprint density at radius 3 is 1.62 bits per heavy atom. The smallest absolute Gasteiger partial charge is 0.193 e.